The molecule has 15 heteroatoms. The number of aliphatic hydroxyl groups is 1. The number of nitrogens with zero attached hydrogens (tertiary/aromatic N) is 6. The van der Waals surface area contributed by atoms with Crippen molar-refractivity contribution in [3.63, 3.8) is 0 Å². The maximum Gasteiger partial charge on any atom is 0.416 e. The molecule has 1 atom stereocenters. The number of aliphatic hydroxyl groups excluding tert-OH is 1. The molecule has 0 bridgehead atoms. The number of carboxylic acid groups (broad SMARTS) is 1. The van der Waals surface area contributed by atoms with E-state index in [9.17, 15) is 41.4 Å². The molecule has 1 aliphatic rings. The minimum atomic E-state index is -5.03. The summed E-state index contributed by atoms with van der Waals surface area (Å²) in [5.41, 5.74) is -0.852. The van der Waals surface area contributed by atoms with Crippen LogP contribution in [0, 0.1) is 13.8 Å². The van der Waals surface area contributed by atoms with Crippen LogP contribution < -0.4 is 9.80 Å². The van der Waals surface area contributed by atoms with E-state index >= 15 is 0 Å². The molecular weight excluding hydrogens is 546 g/mol. The number of tetrazole rings is 1. The van der Waals surface area contributed by atoms with Gasteiger partial charge >= 0.3 is 18.4 Å². The van der Waals surface area contributed by atoms with Gasteiger partial charge < -0.3 is 15.1 Å². The molecule has 216 valence electrons. The van der Waals surface area contributed by atoms with Crippen LogP contribution in [-0.4, -0.2) is 49.7 Å². The Bertz CT molecular complexity index is 1360. The lowest BCUT2D eigenvalue weighted by Gasteiger charge is -2.32. The van der Waals surface area contributed by atoms with E-state index in [1.807, 2.05) is 0 Å². The zero-order chi connectivity index (χ0) is 29.4. The standard InChI is InChI=1S/C25H26F6N6O3/c1-14-5-6-19-20(4-3-7-35(23(39)40)21(19)15(14)2)36(22-32-34-37(33-22)8-9-38)13-16-10-17(24(26,27)28)12-18(11-16)25(29,30)31/h5-6,10-12,20,38H,3-4,7-9,13H2,1-2H3,(H,39,40)/t20-/m0/s1. The zero-order valence-electron chi connectivity index (χ0n) is 21.5. The summed E-state index contributed by atoms with van der Waals surface area (Å²) in [7, 11) is 0. The van der Waals surface area contributed by atoms with Gasteiger partial charge in [0.15, 0.2) is 0 Å². The highest BCUT2D eigenvalue weighted by Crippen LogP contribution is 2.42. The van der Waals surface area contributed by atoms with Crippen molar-refractivity contribution in [2.45, 2.75) is 58.2 Å². The predicted molar refractivity (Wildman–Crippen MR) is 131 cm³/mol. The molecule has 0 fully saturated rings. The third-order valence-electron chi connectivity index (χ3n) is 6.83. The Balaban J connectivity index is 1.90. The largest absolute Gasteiger partial charge is 0.465 e. The zero-order valence-corrected chi connectivity index (χ0v) is 21.5. The van der Waals surface area contributed by atoms with E-state index < -0.39 is 42.2 Å². The monoisotopic (exact) mass is 572 g/mol. The molecule has 2 heterocycles. The third-order valence-corrected chi connectivity index (χ3v) is 6.83. The molecule has 9 nitrogen and oxygen atoms in total. The number of carbonyl (C=O) groups is 1. The molecule has 0 radical (unpaired) electrons. The number of alkyl halides is 6. The number of anilines is 2. The number of rotatable bonds is 6. The van der Waals surface area contributed by atoms with Crippen molar-refractivity contribution in [2.75, 3.05) is 23.0 Å². The molecule has 0 spiro atoms. The highest BCUT2D eigenvalue weighted by Gasteiger charge is 2.38. The van der Waals surface area contributed by atoms with E-state index in [0.717, 1.165) is 10.4 Å². The molecule has 4 rings (SSSR count). The van der Waals surface area contributed by atoms with E-state index in [-0.39, 0.29) is 37.3 Å². The van der Waals surface area contributed by atoms with Crippen LogP contribution >= 0.6 is 0 Å². The van der Waals surface area contributed by atoms with Gasteiger partial charge in [-0.1, -0.05) is 17.2 Å². The molecule has 1 aliphatic heterocycles. The van der Waals surface area contributed by atoms with E-state index in [0.29, 0.717) is 41.8 Å². The average Bonchev–Trinajstić information content (AvgIpc) is 3.23. The van der Waals surface area contributed by atoms with Crippen LogP contribution in [0.2, 0.25) is 0 Å². The van der Waals surface area contributed by atoms with Crippen molar-refractivity contribution in [1.82, 2.24) is 20.2 Å². The van der Waals surface area contributed by atoms with Gasteiger partial charge in [-0.2, -0.15) is 31.1 Å². The smallest absolute Gasteiger partial charge is 0.416 e. The summed E-state index contributed by atoms with van der Waals surface area (Å²) >= 11 is 0. The molecular formula is C25H26F6N6O3. The molecule has 0 saturated heterocycles. The Hall–Kier alpha value is -3.88. The molecule has 1 aromatic heterocycles. The number of hydrogen-bond donors (Lipinski definition) is 2. The highest BCUT2D eigenvalue weighted by atomic mass is 19.4. The quantitative estimate of drug-likeness (QED) is 0.384. The Morgan fingerprint density at radius 3 is 2.30 bits per heavy atom. The summed E-state index contributed by atoms with van der Waals surface area (Å²) in [4.78, 5) is 15.8. The fourth-order valence-corrected chi connectivity index (χ4v) is 4.84. The average molecular weight is 573 g/mol. The number of aromatic nitrogens is 4. The van der Waals surface area contributed by atoms with Crippen LogP contribution in [0.5, 0.6) is 0 Å². The Morgan fingerprint density at radius 1 is 1.07 bits per heavy atom. The minimum absolute atomic E-state index is 0.0467. The van der Waals surface area contributed by atoms with Crippen LogP contribution in [0.3, 0.4) is 0 Å². The molecule has 1 amide bonds. The fraction of sp³-hybridized carbons (Fsp3) is 0.440. The molecule has 40 heavy (non-hydrogen) atoms. The summed E-state index contributed by atoms with van der Waals surface area (Å²) in [5, 5.41) is 31.2. The Morgan fingerprint density at radius 2 is 1.73 bits per heavy atom. The number of halogens is 6. The van der Waals surface area contributed by atoms with Crippen molar-refractivity contribution in [2.24, 2.45) is 0 Å². The predicted octanol–water partition coefficient (Wildman–Crippen LogP) is 5.35. The molecule has 2 N–H and O–H groups in total. The minimum Gasteiger partial charge on any atom is -0.465 e. The van der Waals surface area contributed by atoms with Crippen molar-refractivity contribution < 1.29 is 41.4 Å². The number of aryl methyl sites for hydroxylation is 1. The van der Waals surface area contributed by atoms with Gasteiger partial charge in [0.1, 0.15) is 0 Å². The highest BCUT2D eigenvalue weighted by molar-refractivity contribution is 5.89. The van der Waals surface area contributed by atoms with Crippen molar-refractivity contribution in [3.05, 3.63) is 63.7 Å². The van der Waals surface area contributed by atoms with Crippen LogP contribution in [0.4, 0.5) is 42.8 Å². The molecule has 0 aliphatic carbocycles. The normalized spacial score (nSPS) is 16.0. The van der Waals surface area contributed by atoms with Gasteiger partial charge in [-0.05, 0) is 72.4 Å². The first kappa shape index (κ1) is 29.1. The number of hydrogen-bond acceptors (Lipinski definition) is 6. The first-order chi connectivity index (χ1) is 18.7. The maximum atomic E-state index is 13.6. The maximum absolute atomic E-state index is 13.6. The Kier molecular flexibility index (Phi) is 7.97. The van der Waals surface area contributed by atoms with Crippen LogP contribution in [-0.2, 0) is 25.4 Å². The Labute approximate surface area is 224 Å². The van der Waals surface area contributed by atoms with Crippen LogP contribution in [0.25, 0.3) is 0 Å². The topological polar surface area (TPSA) is 108 Å². The van der Waals surface area contributed by atoms with Gasteiger partial charge in [-0.15, -0.1) is 5.10 Å². The van der Waals surface area contributed by atoms with Crippen molar-refractivity contribution >= 4 is 17.7 Å². The lowest BCUT2D eigenvalue weighted by Crippen LogP contribution is -2.32. The van der Waals surface area contributed by atoms with Crippen LogP contribution in [0.1, 0.15) is 52.3 Å². The van der Waals surface area contributed by atoms with Crippen molar-refractivity contribution in [3.8, 4) is 0 Å². The lowest BCUT2D eigenvalue weighted by atomic mass is 9.94. The number of benzene rings is 2. The first-order valence-electron chi connectivity index (χ1n) is 12.2. The SMILES string of the molecule is Cc1ccc2c(c1C)N(C(=O)O)CCC[C@@H]2N(Cc1cc(C(F)(F)F)cc(C(F)(F)F)c1)c1nnn(CCO)n1. The third kappa shape index (κ3) is 5.98. The summed E-state index contributed by atoms with van der Waals surface area (Å²) in [5.74, 6) is -0.0997. The van der Waals surface area contributed by atoms with Gasteiger partial charge in [-0.3, -0.25) is 4.90 Å². The molecule has 3 aromatic rings. The van der Waals surface area contributed by atoms with E-state index in [1.54, 1.807) is 26.0 Å². The van der Waals surface area contributed by atoms with E-state index in [2.05, 4.69) is 15.4 Å². The number of fused-ring (bicyclic) bond motifs is 1. The molecule has 2 aromatic carbocycles. The fourth-order valence-electron chi connectivity index (χ4n) is 4.84. The number of amides is 1. The lowest BCUT2D eigenvalue weighted by molar-refractivity contribution is -0.143. The van der Waals surface area contributed by atoms with E-state index in [1.165, 1.54) is 9.80 Å². The second kappa shape index (κ2) is 10.9. The second-order valence-corrected chi connectivity index (χ2v) is 9.49. The summed E-state index contributed by atoms with van der Waals surface area (Å²) in [6.45, 7) is 2.82. The summed E-state index contributed by atoms with van der Waals surface area (Å²) in [6, 6.07) is 4.08. The second-order valence-electron chi connectivity index (χ2n) is 9.49. The van der Waals surface area contributed by atoms with Gasteiger partial charge in [-0.25, -0.2) is 4.79 Å². The molecule has 0 unspecified atom stereocenters. The van der Waals surface area contributed by atoms with Gasteiger partial charge in [0.05, 0.1) is 36.0 Å². The van der Waals surface area contributed by atoms with E-state index in [4.69, 9.17) is 0 Å². The van der Waals surface area contributed by atoms with Gasteiger partial charge in [0.25, 0.3) is 5.95 Å². The summed E-state index contributed by atoms with van der Waals surface area (Å²) < 4.78 is 81.5. The summed E-state index contributed by atoms with van der Waals surface area (Å²) in [6.07, 6.45) is -10.6. The van der Waals surface area contributed by atoms with Crippen LogP contribution in [0.15, 0.2) is 30.3 Å². The molecule has 0 saturated carbocycles. The van der Waals surface area contributed by atoms with Gasteiger partial charge in [0, 0.05) is 13.1 Å². The van der Waals surface area contributed by atoms with Gasteiger partial charge in [0.2, 0.25) is 0 Å². The first-order valence-corrected chi connectivity index (χ1v) is 12.2. The van der Waals surface area contributed by atoms with Crippen molar-refractivity contribution in [1.29, 1.82) is 0 Å².